The van der Waals surface area contributed by atoms with Crippen LogP contribution < -0.4 is 19.9 Å². The maximum atomic E-state index is 12.2. The molecule has 1 aliphatic heterocycles. The van der Waals surface area contributed by atoms with E-state index in [1.54, 1.807) is 7.11 Å². The largest absolute Gasteiger partial charge is 0.496 e. The number of ether oxygens (including phenoxy) is 1. The highest BCUT2D eigenvalue weighted by Gasteiger charge is 2.22. The van der Waals surface area contributed by atoms with Gasteiger partial charge in [0.15, 0.2) is 6.54 Å². The van der Waals surface area contributed by atoms with Crippen LogP contribution in [0.15, 0.2) is 54.6 Å². The molecule has 1 fully saturated rings. The summed E-state index contributed by atoms with van der Waals surface area (Å²) in [5.74, 6) is 1.01. The number of carbonyl (C=O) groups is 1. The first-order valence-corrected chi connectivity index (χ1v) is 9.28. The Labute approximate surface area is 155 Å². The number of piperazine rings is 1. The number of nitrogens with zero attached hydrogens (tertiary/aromatic N) is 1. The van der Waals surface area contributed by atoms with Crippen LogP contribution in [0.5, 0.6) is 5.75 Å². The number of carbonyl (C=O) groups excluding carboxylic acids is 1. The lowest BCUT2D eigenvalue weighted by molar-refractivity contribution is -0.892. The molecule has 138 valence electrons. The fraction of sp³-hybridized carbons (Fsp3) is 0.381. The van der Waals surface area contributed by atoms with Gasteiger partial charge >= 0.3 is 0 Å². The summed E-state index contributed by atoms with van der Waals surface area (Å²) in [6, 6.07) is 18.4. The van der Waals surface area contributed by atoms with Gasteiger partial charge in [-0.1, -0.05) is 36.4 Å². The van der Waals surface area contributed by atoms with Crippen LogP contribution >= 0.6 is 0 Å². The molecule has 0 aromatic heterocycles. The summed E-state index contributed by atoms with van der Waals surface area (Å²) in [5, 5.41) is 3.04. The summed E-state index contributed by atoms with van der Waals surface area (Å²) >= 11 is 0. The first kappa shape index (κ1) is 18.3. The molecule has 0 unspecified atom stereocenters. The third kappa shape index (κ3) is 4.99. The van der Waals surface area contributed by atoms with Gasteiger partial charge < -0.3 is 19.9 Å². The summed E-state index contributed by atoms with van der Waals surface area (Å²) in [4.78, 5) is 16.0. The molecule has 26 heavy (non-hydrogen) atoms. The summed E-state index contributed by atoms with van der Waals surface area (Å²) in [6.45, 7) is 5.17. The summed E-state index contributed by atoms with van der Waals surface area (Å²) in [6.07, 6.45) is 0.785. The van der Waals surface area contributed by atoms with Crippen LogP contribution in [0.1, 0.15) is 5.56 Å². The van der Waals surface area contributed by atoms with Gasteiger partial charge in [0.25, 0.3) is 5.91 Å². The van der Waals surface area contributed by atoms with Crippen LogP contribution in [0, 0.1) is 0 Å². The van der Waals surface area contributed by atoms with Crippen molar-refractivity contribution < 1.29 is 14.4 Å². The average Bonchev–Trinajstić information content (AvgIpc) is 2.69. The molecule has 1 heterocycles. The third-order valence-electron chi connectivity index (χ3n) is 4.91. The smallest absolute Gasteiger partial charge is 0.275 e. The molecule has 0 atom stereocenters. The van der Waals surface area contributed by atoms with Gasteiger partial charge in [-0.2, -0.15) is 0 Å². The van der Waals surface area contributed by atoms with Crippen molar-refractivity contribution in [2.45, 2.75) is 6.42 Å². The molecule has 0 saturated carbocycles. The number of para-hydroxylation sites is 2. The fourth-order valence-corrected chi connectivity index (χ4v) is 3.43. The Bertz CT molecular complexity index is 697. The molecule has 1 amide bonds. The highest BCUT2D eigenvalue weighted by Crippen LogP contribution is 2.17. The highest BCUT2D eigenvalue weighted by molar-refractivity contribution is 5.76. The number of methoxy groups -OCH3 is 1. The van der Waals surface area contributed by atoms with Gasteiger partial charge in [-0.3, -0.25) is 4.79 Å². The SMILES string of the molecule is COc1ccccc1CCNC(=O)C[NH+]1CCN(c2ccccc2)CC1. The lowest BCUT2D eigenvalue weighted by Gasteiger charge is -2.33. The molecule has 2 N–H and O–H groups in total. The molecular formula is C21H28N3O2+. The number of hydrogen-bond acceptors (Lipinski definition) is 3. The highest BCUT2D eigenvalue weighted by atomic mass is 16.5. The second-order valence-corrected chi connectivity index (χ2v) is 6.66. The van der Waals surface area contributed by atoms with E-state index in [0.29, 0.717) is 13.1 Å². The van der Waals surface area contributed by atoms with Crippen molar-refractivity contribution in [2.75, 3.05) is 51.3 Å². The number of anilines is 1. The van der Waals surface area contributed by atoms with Gasteiger partial charge in [-0.05, 0) is 30.2 Å². The van der Waals surface area contributed by atoms with Gasteiger partial charge in [0, 0.05) is 12.2 Å². The fourth-order valence-electron chi connectivity index (χ4n) is 3.43. The van der Waals surface area contributed by atoms with Crippen LogP contribution in [0.25, 0.3) is 0 Å². The Morgan fingerprint density at radius 1 is 1.08 bits per heavy atom. The minimum absolute atomic E-state index is 0.128. The van der Waals surface area contributed by atoms with Crippen molar-refractivity contribution >= 4 is 11.6 Å². The first-order valence-electron chi connectivity index (χ1n) is 9.28. The molecule has 0 bridgehead atoms. The number of hydrogen-bond donors (Lipinski definition) is 2. The van der Waals surface area contributed by atoms with Crippen LogP contribution in [-0.4, -0.2) is 52.3 Å². The van der Waals surface area contributed by atoms with Crippen molar-refractivity contribution in [3.8, 4) is 5.75 Å². The summed E-state index contributed by atoms with van der Waals surface area (Å²) in [5.41, 5.74) is 2.40. The Hall–Kier alpha value is -2.53. The van der Waals surface area contributed by atoms with E-state index in [1.807, 2.05) is 30.3 Å². The van der Waals surface area contributed by atoms with Crippen molar-refractivity contribution in [3.05, 3.63) is 60.2 Å². The Balaban J connectivity index is 1.38. The molecule has 2 aromatic carbocycles. The van der Waals surface area contributed by atoms with Crippen molar-refractivity contribution in [1.29, 1.82) is 0 Å². The number of quaternary nitrogens is 1. The Kier molecular flexibility index (Phi) is 6.50. The van der Waals surface area contributed by atoms with E-state index in [4.69, 9.17) is 4.74 Å². The molecule has 2 aromatic rings. The maximum absolute atomic E-state index is 12.2. The maximum Gasteiger partial charge on any atom is 0.275 e. The average molecular weight is 354 g/mol. The quantitative estimate of drug-likeness (QED) is 0.772. The lowest BCUT2D eigenvalue weighted by Crippen LogP contribution is -3.16. The second kappa shape index (κ2) is 9.25. The van der Waals surface area contributed by atoms with Gasteiger partial charge in [-0.15, -0.1) is 0 Å². The molecule has 1 aliphatic rings. The van der Waals surface area contributed by atoms with E-state index in [0.717, 1.165) is 43.9 Å². The summed E-state index contributed by atoms with van der Waals surface area (Å²) in [7, 11) is 1.68. The van der Waals surface area contributed by atoms with E-state index >= 15 is 0 Å². The third-order valence-corrected chi connectivity index (χ3v) is 4.91. The molecular weight excluding hydrogens is 326 g/mol. The van der Waals surface area contributed by atoms with Crippen LogP contribution in [0.4, 0.5) is 5.69 Å². The number of amides is 1. The predicted octanol–water partition coefficient (Wildman–Crippen LogP) is 0.759. The number of benzene rings is 2. The van der Waals surface area contributed by atoms with Crippen LogP contribution in [0.2, 0.25) is 0 Å². The molecule has 5 nitrogen and oxygen atoms in total. The molecule has 0 aliphatic carbocycles. The van der Waals surface area contributed by atoms with E-state index < -0.39 is 0 Å². The van der Waals surface area contributed by atoms with Gasteiger partial charge in [0.2, 0.25) is 0 Å². The molecule has 1 saturated heterocycles. The zero-order valence-corrected chi connectivity index (χ0v) is 15.4. The van der Waals surface area contributed by atoms with Gasteiger partial charge in [0.1, 0.15) is 5.75 Å². The first-order chi connectivity index (χ1) is 12.8. The van der Waals surface area contributed by atoms with Crippen molar-refractivity contribution in [3.63, 3.8) is 0 Å². The normalized spacial score (nSPS) is 14.9. The zero-order valence-electron chi connectivity index (χ0n) is 15.4. The Morgan fingerprint density at radius 2 is 1.77 bits per heavy atom. The Morgan fingerprint density at radius 3 is 2.50 bits per heavy atom. The minimum Gasteiger partial charge on any atom is -0.496 e. The lowest BCUT2D eigenvalue weighted by atomic mass is 10.1. The van der Waals surface area contributed by atoms with E-state index in [1.165, 1.54) is 10.6 Å². The van der Waals surface area contributed by atoms with E-state index in [-0.39, 0.29) is 5.91 Å². The summed E-state index contributed by atoms with van der Waals surface area (Å²) < 4.78 is 5.35. The van der Waals surface area contributed by atoms with Crippen LogP contribution in [-0.2, 0) is 11.2 Å². The predicted molar refractivity (Wildman–Crippen MR) is 104 cm³/mol. The molecule has 3 rings (SSSR count). The van der Waals surface area contributed by atoms with E-state index in [2.05, 4.69) is 34.5 Å². The zero-order chi connectivity index (χ0) is 18.2. The standard InChI is InChI=1S/C21H27N3O2/c1-26-20-10-6-5-7-18(20)11-12-22-21(25)17-23-13-15-24(16-14-23)19-8-3-2-4-9-19/h2-10H,11-17H2,1H3,(H,22,25)/p+1. The molecule has 0 radical (unpaired) electrons. The van der Waals surface area contributed by atoms with Crippen molar-refractivity contribution in [2.24, 2.45) is 0 Å². The minimum atomic E-state index is 0.128. The number of rotatable bonds is 7. The molecule has 5 heteroatoms. The van der Waals surface area contributed by atoms with Gasteiger partial charge in [-0.25, -0.2) is 0 Å². The van der Waals surface area contributed by atoms with Crippen molar-refractivity contribution in [1.82, 2.24) is 5.32 Å². The van der Waals surface area contributed by atoms with Crippen LogP contribution in [0.3, 0.4) is 0 Å². The topological polar surface area (TPSA) is 46.0 Å². The van der Waals surface area contributed by atoms with Gasteiger partial charge in [0.05, 0.1) is 33.3 Å². The van der Waals surface area contributed by atoms with E-state index in [9.17, 15) is 4.79 Å². The molecule has 0 spiro atoms. The monoisotopic (exact) mass is 354 g/mol. The number of nitrogens with one attached hydrogen (secondary N) is 2. The second-order valence-electron chi connectivity index (χ2n) is 6.66.